The number of fused-ring (bicyclic) bond motifs is 4. The topological polar surface area (TPSA) is 72.7 Å². The number of carboxylic acids is 1. The van der Waals surface area contributed by atoms with Crippen molar-refractivity contribution in [3.8, 4) is 11.5 Å². The zero-order valence-corrected chi connectivity index (χ0v) is 24.5. The van der Waals surface area contributed by atoms with Crippen molar-refractivity contribution in [2.24, 2.45) is 5.92 Å². The molecule has 0 aromatic heterocycles. The van der Waals surface area contributed by atoms with Crippen molar-refractivity contribution in [2.75, 3.05) is 31.1 Å². The molecule has 0 N–H and O–H groups in total. The Labute approximate surface area is 245 Å². The van der Waals surface area contributed by atoms with E-state index in [9.17, 15) is 14.7 Å². The lowest BCUT2D eigenvalue weighted by Gasteiger charge is -2.39. The van der Waals surface area contributed by atoms with Crippen LogP contribution in [0.3, 0.4) is 0 Å². The van der Waals surface area contributed by atoms with Gasteiger partial charge >= 0.3 is 0 Å². The third-order valence-electron chi connectivity index (χ3n) is 10.0. The van der Waals surface area contributed by atoms with Crippen molar-refractivity contribution in [1.82, 2.24) is 4.58 Å². The number of benzene rings is 3. The molecule has 5 aliphatic heterocycles. The molecule has 3 aromatic rings. The number of aromatic carboxylic acids is 1. The largest absolute Gasteiger partial charge is 0.545 e. The lowest BCUT2D eigenvalue weighted by Crippen LogP contribution is -2.45. The van der Waals surface area contributed by atoms with Gasteiger partial charge in [-0.15, -0.1) is 0 Å². The van der Waals surface area contributed by atoms with E-state index in [-0.39, 0.29) is 17.3 Å². The maximum atomic E-state index is 12.9. The Morgan fingerprint density at radius 3 is 2.38 bits per heavy atom. The Morgan fingerprint density at radius 2 is 1.60 bits per heavy atom. The van der Waals surface area contributed by atoms with Crippen LogP contribution >= 0.6 is 0 Å². The van der Waals surface area contributed by atoms with E-state index in [0.29, 0.717) is 11.1 Å². The summed E-state index contributed by atoms with van der Waals surface area (Å²) in [6, 6.07) is 9.70. The first-order valence-corrected chi connectivity index (χ1v) is 15.7. The maximum absolute atomic E-state index is 12.9. The molecule has 5 aliphatic rings. The highest BCUT2D eigenvalue weighted by molar-refractivity contribution is 6.03. The summed E-state index contributed by atoms with van der Waals surface area (Å²) in [5.74, 6) is 0.213. The van der Waals surface area contributed by atoms with Crippen molar-refractivity contribution in [3.63, 3.8) is 0 Å². The molecule has 0 atom stereocenters. The molecule has 6 heteroatoms. The molecule has 3 aromatic carbocycles. The number of nitrogens with zero attached hydrogens (tertiary/aromatic N) is 2. The number of Topliss-reactive ketones (excluding diaryl/α,β-unsaturated/α-hetero) is 1. The molecule has 0 fully saturated rings. The van der Waals surface area contributed by atoms with Gasteiger partial charge in [0.05, 0.1) is 11.5 Å². The van der Waals surface area contributed by atoms with Crippen LogP contribution in [0.5, 0.6) is 11.5 Å². The quantitative estimate of drug-likeness (QED) is 0.283. The molecule has 8 rings (SSSR count). The second-order valence-corrected chi connectivity index (χ2v) is 12.9. The molecule has 0 saturated carbocycles. The fraction of sp³-hybridized carbons (Fsp3) is 0.417. The van der Waals surface area contributed by atoms with Crippen molar-refractivity contribution >= 4 is 23.0 Å². The van der Waals surface area contributed by atoms with Gasteiger partial charge in [-0.05, 0) is 67.9 Å². The number of hydrogen-bond donors (Lipinski definition) is 0. The van der Waals surface area contributed by atoms with E-state index in [4.69, 9.17) is 4.74 Å². The third kappa shape index (κ3) is 3.73. The maximum Gasteiger partial charge on any atom is 0.210 e. The zero-order chi connectivity index (χ0) is 28.7. The minimum absolute atomic E-state index is 0.0660. The molecule has 0 amide bonds. The first-order valence-electron chi connectivity index (χ1n) is 15.7. The van der Waals surface area contributed by atoms with Crippen LogP contribution < -0.4 is 29.9 Å². The number of aryl methyl sites for hydroxylation is 2. The Kier molecular flexibility index (Phi) is 5.86. The van der Waals surface area contributed by atoms with Gasteiger partial charge in [0.1, 0.15) is 24.6 Å². The second-order valence-electron chi connectivity index (χ2n) is 12.9. The van der Waals surface area contributed by atoms with Crippen LogP contribution in [0.2, 0.25) is 0 Å². The molecule has 214 valence electrons. The average Bonchev–Trinajstić information content (AvgIpc) is 3.00. The standard InChI is InChI=1S/C36H36N2O4/c1-20(2)33(39)23-11-12-24(27(19-23)36(40)41)30-28-17-21-7-3-13-37-15-5-9-25(31(21)37)34(28)42-35-26-10-6-16-38-14-4-8-22(32(26)38)18-29(30)35/h11-12,17-20H,3-10,13-16H2,1-2H3. The monoisotopic (exact) mass is 560 g/mol. The van der Waals surface area contributed by atoms with Gasteiger partial charge in [-0.2, -0.15) is 0 Å². The molecular weight excluding hydrogens is 524 g/mol. The average molecular weight is 561 g/mol. The molecule has 42 heavy (non-hydrogen) atoms. The Balaban J connectivity index is 1.50. The first-order chi connectivity index (χ1) is 20.4. The highest BCUT2D eigenvalue weighted by atomic mass is 16.5. The summed E-state index contributed by atoms with van der Waals surface area (Å²) in [6.07, 6.45) is 8.30. The van der Waals surface area contributed by atoms with E-state index in [1.54, 1.807) is 6.07 Å². The second kappa shape index (κ2) is 9.55. The van der Waals surface area contributed by atoms with Crippen molar-refractivity contribution < 1.29 is 19.4 Å². The number of anilines is 1. The predicted octanol–water partition coefficient (Wildman–Crippen LogP) is 3.32. The summed E-state index contributed by atoms with van der Waals surface area (Å²) in [5.41, 5.74) is 9.46. The highest BCUT2D eigenvalue weighted by Crippen LogP contribution is 2.48. The van der Waals surface area contributed by atoms with E-state index in [2.05, 4.69) is 21.6 Å². The number of rotatable bonds is 4. The number of ether oxygens (including phenoxy) is 1. The van der Waals surface area contributed by atoms with Crippen LogP contribution in [0.15, 0.2) is 30.3 Å². The van der Waals surface area contributed by atoms with Crippen LogP contribution in [0.4, 0.5) is 5.69 Å². The van der Waals surface area contributed by atoms with Crippen molar-refractivity contribution in [2.45, 2.75) is 65.2 Å². The van der Waals surface area contributed by atoms with Crippen LogP contribution in [0, 0.1) is 5.92 Å². The van der Waals surface area contributed by atoms with Crippen LogP contribution in [0.25, 0.3) is 5.57 Å². The molecule has 0 bridgehead atoms. The highest BCUT2D eigenvalue weighted by Gasteiger charge is 2.36. The summed E-state index contributed by atoms with van der Waals surface area (Å²) >= 11 is 0. The molecule has 0 spiro atoms. The summed E-state index contributed by atoms with van der Waals surface area (Å²) in [5, 5.41) is 15.1. The van der Waals surface area contributed by atoms with Gasteiger partial charge in [-0.25, -0.2) is 4.58 Å². The SMILES string of the molecule is CC(C)C(=O)c1ccc(C2=c3cc4c5c(c3Oc3c2cc2c6c3CCCN6CCC2)CCC[N+]=5CCC4)c(C(=O)[O-])c1. The summed E-state index contributed by atoms with van der Waals surface area (Å²) in [6.45, 7) is 7.95. The smallest absolute Gasteiger partial charge is 0.210 e. The van der Waals surface area contributed by atoms with Gasteiger partial charge in [-0.1, -0.05) is 26.0 Å². The number of carbonyl (C=O) groups excluding carboxylic acids is 2. The number of carbonyl (C=O) groups is 2. The zero-order valence-electron chi connectivity index (χ0n) is 24.5. The van der Waals surface area contributed by atoms with Crippen LogP contribution in [-0.2, 0) is 25.7 Å². The lowest BCUT2D eigenvalue weighted by molar-refractivity contribution is -0.255. The number of hydrogen-bond acceptors (Lipinski definition) is 5. The molecule has 0 radical (unpaired) electrons. The first kappa shape index (κ1) is 25.8. The lowest BCUT2D eigenvalue weighted by atomic mass is 9.81. The fourth-order valence-electron chi connectivity index (χ4n) is 8.22. The third-order valence-corrected chi connectivity index (χ3v) is 10.0. The van der Waals surface area contributed by atoms with Crippen LogP contribution in [0.1, 0.15) is 93.6 Å². The Hall–Kier alpha value is -3.93. The Morgan fingerprint density at radius 1 is 0.857 bits per heavy atom. The van der Waals surface area contributed by atoms with Gasteiger partial charge in [0.15, 0.2) is 5.78 Å². The van der Waals surface area contributed by atoms with E-state index in [1.807, 2.05) is 19.9 Å². The van der Waals surface area contributed by atoms with E-state index in [1.165, 1.54) is 39.4 Å². The van der Waals surface area contributed by atoms with Gasteiger partial charge in [-0.3, -0.25) is 4.79 Å². The molecule has 5 heterocycles. The molecule has 0 aliphatic carbocycles. The molecular formula is C36H36N2O4. The predicted molar refractivity (Wildman–Crippen MR) is 160 cm³/mol. The van der Waals surface area contributed by atoms with Gasteiger partial charge < -0.3 is 19.5 Å². The van der Waals surface area contributed by atoms with Crippen molar-refractivity contribution in [3.05, 3.63) is 85.4 Å². The molecule has 0 unspecified atom stereocenters. The van der Waals surface area contributed by atoms with Crippen LogP contribution in [-0.4, -0.2) is 37.9 Å². The van der Waals surface area contributed by atoms with Gasteiger partial charge in [0.2, 0.25) is 5.36 Å². The summed E-state index contributed by atoms with van der Waals surface area (Å²) < 4.78 is 9.59. The van der Waals surface area contributed by atoms with E-state index < -0.39 is 5.97 Å². The minimum Gasteiger partial charge on any atom is -0.545 e. The molecule has 0 saturated heterocycles. The van der Waals surface area contributed by atoms with E-state index >= 15 is 0 Å². The summed E-state index contributed by atoms with van der Waals surface area (Å²) in [4.78, 5) is 28.2. The Bertz CT molecular complexity index is 1850. The molecule has 6 nitrogen and oxygen atoms in total. The minimum atomic E-state index is -1.26. The fourth-order valence-corrected chi connectivity index (χ4v) is 8.22. The van der Waals surface area contributed by atoms with E-state index in [0.717, 1.165) is 105 Å². The number of carboxylic acid groups (broad SMARTS) is 1. The van der Waals surface area contributed by atoms with Gasteiger partial charge in [0.25, 0.3) is 0 Å². The van der Waals surface area contributed by atoms with Crippen molar-refractivity contribution in [1.29, 1.82) is 0 Å². The number of ketones is 1. The summed E-state index contributed by atoms with van der Waals surface area (Å²) in [7, 11) is 0. The normalized spacial score (nSPS) is 18.1. The van der Waals surface area contributed by atoms with Gasteiger partial charge in [0, 0.05) is 76.1 Å².